The van der Waals surface area contributed by atoms with E-state index in [1.807, 2.05) is 66.7 Å². The molecule has 5 aromatic rings. The molecule has 0 radical (unpaired) electrons. The number of hydrogen-bond acceptors (Lipinski definition) is 3. The molecule has 3 aromatic carbocycles. The summed E-state index contributed by atoms with van der Waals surface area (Å²) in [5, 5.41) is 1.53. The molecule has 0 spiro atoms. The van der Waals surface area contributed by atoms with Crippen LogP contribution >= 0.6 is 0 Å². The Labute approximate surface area is 166 Å². The van der Waals surface area contributed by atoms with Crippen molar-refractivity contribution in [1.82, 2.24) is 9.38 Å². The van der Waals surface area contributed by atoms with Crippen molar-refractivity contribution in [2.75, 3.05) is 7.11 Å². The molecule has 142 valence electrons. The lowest BCUT2D eigenvalue weighted by molar-refractivity contribution is 0.0599. The lowest BCUT2D eigenvalue weighted by atomic mass is 9.96. The number of pyridine rings is 1. The standard InChI is InChI=1S/C24H18N2O3/c1-29-24(28)16-9-3-2-8-15(16)14-19-17-10-4-5-11-18(17)23(27)26-21-13-7-6-12-20(21)25-22(19)26/h2-13,25H,14H2,1H3. The lowest BCUT2D eigenvalue weighted by Gasteiger charge is -2.12. The average Bonchev–Trinajstić information content (AvgIpc) is 3.16. The summed E-state index contributed by atoms with van der Waals surface area (Å²) in [6.45, 7) is 0. The third-order valence-corrected chi connectivity index (χ3v) is 5.38. The maximum atomic E-state index is 13.3. The van der Waals surface area contributed by atoms with Gasteiger partial charge in [0.05, 0.1) is 23.7 Å². The van der Waals surface area contributed by atoms with E-state index in [9.17, 15) is 9.59 Å². The van der Waals surface area contributed by atoms with Crippen molar-refractivity contribution < 1.29 is 9.53 Å². The third kappa shape index (κ3) is 2.63. The first-order valence-corrected chi connectivity index (χ1v) is 9.38. The average molecular weight is 382 g/mol. The number of carbonyl (C=O) groups is 1. The summed E-state index contributed by atoms with van der Waals surface area (Å²) >= 11 is 0. The van der Waals surface area contributed by atoms with Crippen LogP contribution in [0.2, 0.25) is 0 Å². The molecule has 5 rings (SSSR count). The quantitative estimate of drug-likeness (QED) is 0.473. The topological polar surface area (TPSA) is 63.6 Å². The van der Waals surface area contributed by atoms with Crippen molar-refractivity contribution in [3.63, 3.8) is 0 Å². The zero-order valence-electron chi connectivity index (χ0n) is 15.8. The largest absolute Gasteiger partial charge is 0.465 e. The van der Waals surface area contributed by atoms with Gasteiger partial charge in [-0.2, -0.15) is 0 Å². The Morgan fingerprint density at radius 3 is 2.45 bits per heavy atom. The van der Waals surface area contributed by atoms with Crippen molar-refractivity contribution in [1.29, 1.82) is 0 Å². The Morgan fingerprint density at radius 1 is 0.931 bits per heavy atom. The molecule has 0 aliphatic carbocycles. The van der Waals surface area contributed by atoms with E-state index in [-0.39, 0.29) is 11.5 Å². The van der Waals surface area contributed by atoms with Gasteiger partial charge in [0.2, 0.25) is 0 Å². The van der Waals surface area contributed by atoms with Gasteiger partial charge in [0.15, 0.2) is 0 Å². The highest BCUT2D eigenvalue weighted by Crippen LogP contribution is 2.27. The van der Waals surface area contributed by atoms with Gasteiger partial charge in [0.25, 0.3) is 5.56 Å². The van der Waals surface area contributed by atoms with Gasteiger partial charge in [-0.05, 0) is 35.2 Å². The second-order valence-electron chi connectivity index (χ2n) is 6.98. The summed E-state index contributed by atoms with van der Waals surface area (Å²) in [7, 11) is 1.38. The van der Waals surface area contributed by atoms with Crippen LogP contribution < -0.4 is 5.56 Å². The smallest absolute Gasteiger partial charge is 0.338 e. The van der Waals surface area contributed by atoms with Gasteiger partial charge in [0.1, 0.15) is 5.65 Å². The molecule has 29 heavy (non-hydrogen) atoms. The Kier molecular flexibility index (Phi) is 3.95. The number of H-pyrrole nitrogens is 1. The van der Waals surface area contributed by atoms with E-state index in [0.717, 1.165) is 33.2 Å². The van der Waals surface area contributed by atoms with Gasteiger partial charge < -0.3 is 9.72 Å². The monoisotopic (exact) mass is 382 g/mol. The van der Waals surface area contributed by atoms with Gasteiger partial charge in [-0.1, -0.05) is 48.5 Å². The highest BCUT2D eigenvalue weighted by atomic mass is 16.5. The minimum absolute atomic E-state index is 0.0574. The van der Waals surface area contributed by atoms with Crippen LogP contribution in [0.1, 0.15) is 21.5 Å². The number of esters is 1. The van der Waals surface area contributed by atoms with Crippen LogP contribution in [-0.4, -0.2) is 22.5 Å². The highest BCUT2D eigenvalue weighted by Gasteiger charge is 2.18. The van der Waals surface area contributed by atoms with Crippen molar-refractivity contribution in [3.05, 3.63) is 99.8 Å². The molecule has 0 saturated carbocycles. The molecule has 0 aliphatic rings. The molecule has 0 atom stereocenters. The summed E-state index contributed by atoms with van der Waals surface area (Å²) in [6.07, 6.45) is 0.488. The zero-order chi connectivity index (χ0) is 20.0. The molecule has 0 amide bonds. The lowest BCUT2D eigenvalue weighted by Crippen LogP contribution is -2.15. The van der Waals surface area contributed by atoms with Crippen molar-refractivity contribution in [2.45, 2.75) is 6.42 Å². The number of nitrogens with zero attached hydrogens (tertiary/aromatic N) is 1. The number of aromatic amines is 1. The van der Waals surface area contributed by atoms with Gasteiger partial charge >= 0.3 is 5.97 Å². The number of carbonyl (C=O) groups excluding carboxylic acids is 1. The van der Waals surface area contributed by atoms with Crippen LogP contribution in [0.4, 0.5) is 0 Å². The summed E-state index contributed by atoms with van der Waals surface area (Å²) in [5.41, 5.74) is 4.76. The Morgan fingerprint density at radius 2 is 1.62 bits per heavy atom. The number of rotatable bonds is 3. The highest BCUT2D eigenvalue weighted by molar-refractivity contribution is 5.95. The number of ether oxygens (including phenoxy) is 1. The van der Waals surface area contributed by atoms with Crippen molar-refractivity contribution in [2.24, 2.45) is 0 Å². The Hall–Kier alpha value is -3.86. The first-order valence-electron chi connectivity index (χ1n) is 9.38. The molecule has 1 N–H and O–H groups in total. The van der Waals surface area contributed by atoms with Crippen molar-refractivity contribution in [3.8, 4) is 0 Å². The van der Waals surface area contributed by atoms with Gasteiger partial charge in [0, 0.05) is 17.4 Å². The Balaban J connectivity index is 1.87. The summed E-state index contributed by atoms with van der Waals surface area (Å²) in [6, 6.07) is 22.8. The molecule has 0 aliphatic heterocycles. The van der Waals surface area contributed by atoms with Crippen LogP contribution in [0, 0.1) is 0 Å². The molecular weight excluding hydrogens is 364 g/mol. The fourth-order valence-electron chi connectivity index (χ4n) is 4.03. The van der Waals surface area contributed by atoms with Gasteiger partial charge in [-0.15, -0.1) is 0 Å². The summed E-state index contributed by atoms with van der Waals surface area (Å²) < 4.78 is 6.68. The van der Waals surface area contributed by atoms with Gasteiger partial charge in [-0.3, -0.25) is 9.20 Å². The number of para-hydroxylation sites is 2. The number of hydrogen-bond donors (Lipinski definition) is 1. The maximum absolute atomic E-state index is 13.3. The van der Waals surface area contributed by atoms with E-state index in [0.29, 0.717) is 17.4 Å². The summed E-state index contributed by atoms with van der Waals surface area (Å²) in [5.74, 6) is -0.370. The van der Waals surface area contributed by atoms with Crippen LogP contribution in [0.15, 0.2) is 77.6 Å². The van der Waals surface area contributed by atoms with E-state index in [1.165, 1.54) is 7.11 Å². The molecule has 0 unspecified atom stereocenters. The van der Waals surface area contributed by atoms with E-state index < -0.39 is 0 Å². The first kappa shape index (κ1) is 17.3. The Bertz CT molecular complexity index is 1460. The first-order chi connectivity index (χ1) is 14.2. The van der Waals surface area contributed by atoms with E-state index in [4.69, 9.17) is 4.74 Å². The molecular formula is C24H18N2O3. The second-order valence-corrected chi connectivity index (χ2v) is 6.98. The predicted molar refractivity (Wildman–Crippen MR) is 114 cm³/mol. The molecule has 2 aromatic heterocycles. The summed E-state index contributed by atoms with van der Waals surface area (Å²) in [4.78, 5) is 28.9. The molecule has 5 heteroatoms. The van der Waals surface area contributed by atoms with Crippen LogP contribution in [0.3, 0.4) is 0 Å². The van der Waals surface area contributed by atoms with Crippen LogP contribution in [0.5, 0.6) is 0 Å². The number of benzene rings is 3. The normalized spacial score (nSPS) is 11.3. The third-order valence-electron chi connectivity index (χ3n) is 5.38. The number of nitrogens with one attached hydrogen (secondary N) is 1. The number of imidazole rings is 1. The zero-order valence-corrected chi connectivity index (χ0v) is 15.8. The van der Waals surface area contributed by atoms with Gasteiger partial charge in [-0.25, -0.2) is 4.79 Å². The minimum Gasteiger partial charge on any atom is -0.465 e. The van der Waals surface area contributed by atoms with E-state index >= 15 is 0 Å². The van der Waals surface area contributed by atoms with Crippen LogP contribution in [0.25, 0.3) is 27.5 Å². The maximum Gasteiger partial charge on any atom is 0.338 e. The predicted octanol–water partition coefficient (Wildman–Crippen LogP) is 4.31. The van der Waals surface area contributed by atoms with Crippen LogP contribution in [-0.2, 0) is 11.2 Å². The molecule has 5 nitrogen and oxygen atoms in total. The SMILES string of the molecule is COC(=O)c1ccccc1Cc1c2ccccc2c(=O)n2c1[nH]c1ccccc12. The van der Waals surface area contributed by atoms with Crippen molar-refractivity contribution >= 4 is 33.4 Å². The molecule has 0 fully saturated rings. The molecule has 0 saturated heterocycles. The number of aromatic nitrogens is 2. The molecule has 0 bridgehead atoms. The second kappa shape index (κ2) is 6.63. The van der Waals surface area contributed by atoms with E-state index in [2.05, 4.69) is 4.98 Å². The van der Waals surface area contributed by atoms with E-state index in [1.54, 1.807) is 10.5 Å². The molecule has 2 heterocycles. The fourth-order valence-corrected chi connectivity index (χ4v) is 4.03. The number of methoxy groups -OCH3 is 1. The number of fused-ring (bicyclic) bond motifs is 4. The minimum atomic E-state index is -0.370. The fraction of sp³-hybridized carbons (Fsp3) is 0.0833.